The Kier molecular flexibility index (Phi) is 9.82. The van der Waals surface area contributed by atoms with Gasteiger partial charge in [-0.3, -0.25) is 4.79 Å². The zero-order valence-corrected chi connectivity index (χ0v) is 25.6. The number of aromatic nitrogens is 1. The Hall–Kier alpha value is -3.01. The number of hydrogen-bond donors (Lipinski definition) is 1. The van der Waals surface area contributed by atoms with E-state index in [0.717, 1.165) is 33.6 Å². The number of carbonyl (C=O) groups excluding carboxylic acids is 1. The number of ketones is 1. The van der Waals surface area contributed by atoms with Gasteiger partial charge < -0.3 is 14.5 Å². The molecule has 1 N–H and O–H groups in total. The van der Waals surface area contributed by atoms with E-state index < -0.39 is 0 Å². The number of hydrogen-bond acceptors (Lipinski definition) is 4. The molecule has 4 nitrogen and oxygen atoms in total. The molecule has 0 saturated heterocycles. The first-order chi connectivity index (χ1) is 16.7. The second-order valence-electron chi connectivity index (χ2n) is 10.6. The quantitative estimate of drug-likeness (QED) is 0.135. The number of furan rings is 1. The number of allylic oxidation sites excluding steroid dienone is 2. The van der Waals surface area contributed by atoms with Gasteiger partial charge in [-0.15, -0.1) is 34.9 Å². The fourth-order valence-corrected chi connectivity index (χ4v) is 4.32. The molecule has 0 amide bonds. The molecule has 0 aliphatic heterocycles. The Balaban J connectivity index is 0.000000532. The van der Waals surface area contributed by atoms with Gasteiger partial charge in [0, 0.05) is 43.3 Å². The van der Waals surface area contributed by atoms with Crippen molar-refractivity contribution in [3.05, 3.63) is 88.3 Å². The summed E-state index contributed by atoms with van der Waals surface area (Å²) in [6, 6.07) is 16.3. The van der Waals surface area contributed by atoms with Crippen LogP contribution in [0.1, 0.15) is 62.4 Å². The van der Waals surface area contributed by atoms with Gasteiger partial charge in [-0.25, -0.2) is 0 Å². The Morgan fingerprint density at radius 3 is 2.08 bits per heavy atom. The van der Waals surface area contributed by atoms with Crippen LogP contribution in [0.2, 0.25) is 0 Å². The number of rotatable bonds is 3. The summed E-state index contributed by atoms with van der Waals surface area (Å²) in [6.45, 7) is 18.1. The predicted molar refractivity (Wildman–Crippen MR) is 148 cm³/mol. The summed E-state index contributed by atoms with van der Waals surface area (Å²) in [7, 11) is 0. The van der Waals surface area contributed by atoms with Crippen LogP contribution >= 0.6 is 0 Å². The van der Waals surface area contributed by atoms with Crippen LogP contribution < -0.4 is 0 Å². The SMILES string of the molecule is CC(=O)/C=C(/C)O.Cc1[c-]c(-c2cc3oc(-c4c(C)cc(C(C)(C)C)cc4C)cc3cn2)cc(C)c1.[Ir]. The second kappa shape index (κ2) is 12.0. The maximum absolute atomic E-state index is 10.0. The molecule has 0 fully saturated rings. The van der Waals surface area contributed by atoms with Crippen LogP contribution in [-0.4, -0.2) is 15.9 Å². The first kappa shape index (κ1) is 30.2. The molecule has 2 aromatic carbocycles. The van der Waals surface area contributed by atoms with Crippen molar-refractivity contribution in [3.8, 4) is 22.6 Å². The van der Waals surface area contributed by atoms with Crippen molar-refractivity contribution in [3.63, 3.8) is 0 Å². The zero-order chi connectivity index (χ0) is 26.8. The molecule has 2 heterocycles. The second-order valence-corrected chi connectivity index (χ2v) is 10.6. The van der Waals surface area contributed by atoms with Crippen molar-refractivity contribution >= 4 is 16.8 Å². The molecule has 2 aromatic heterocycles. The van der Waals surface area contributed by atoms with Crippen LogP contribution in [-0.2, 0) is 30.3 Å². The molecule has 0 bridgehead atoms. The number of benzene rings is 2. The zero-order valence-electron chi connectivity index (χ0n) is 23.2. The molecule has 0 saturated carbocycles. The van der Waals surface area contributed by atoms with Crippen LogP contribution in [0.25, 0.3) is 33.6 Å². The van der Waals surface area contributed by atoms with Crippen LogP contribution in [0, 0.1) is 33.8 Å². The number of carbonyl (C=O) groups is 1. The monoisotopic (exact) mass is 675 g/mol. The van der Waals surface area contributed by atoms with Gasteiger partial charge in [-0.2, -0.15) is 0 Å². The molecular formula is C32H36IrNO3-. The fraction of sp³-hybridized carbons (Fsp3) is 0.312. The van der Waals surface area contributed by atoms with Crippen LogP contribution in [0.15, 0.2) is 58.8 Å². The Morgan fingerprint density at radius 1 is 0.973 bits per heavy atom. The van der Waals surface area contributed by atoms with E-state index in [0.29, 0.717) is 0 Å². The summed E-state index contributed by atoms with van der Waals surface area (Å²) in [5.74, 6) is 0.839. The molecule has 0 atom stereocenters. The largest absolute Gasteiger partial charge is 0.512 e. The molecule has 4 rings (SSSR count). The number of pyridine rings is 1. The summed E-state index contributed by atoms with van der Waals surface area (Å²) in [4.78, 5) is 14.7. The molecule has 0 spiro atoms. The minimum absolute atomic E-state index is 0. The summed E-state index contributed by atoms with van der Waals surface area (Å²) in [5.41, 5.74) is 10.2. The van der Waals surface area contributed by atoms with E-state index in [1.165, 1.54) is 47.7 Å². The van der Waals surface area contributed by atoms with Gasteiger partial charge in [0.1, 0.15) is 11.3 Å². The molecule has 5 heteroatoms. The summed E-state index contributed by atoms with van der Waals surface area (Å²) in [6.07, 6.45) is 3.07. The van der Waals surface area contributed by atoms with Crippen LogP contribution in [0.4, 0.5) is 0 Å². The van der Waals surface area contributed by atoms with Crippen molar-refractivity contribution in [1.82, 2.24) is 4.98 Å². The summed E-state index contributed by atoms with van der Waals surface area (Å²) >= 11 is 0. The van der Waals surface area contributed by atoms with Crippen LogP contribution in [0.3, 0.4) is 0 Å². The van der Waals surface area contributed by atoms with Gasteiger partial charge in [0.2, 0.25) is 0 Å². The minimum Gasteiger partial charge on any atom is -0.512 e. The number of fused-ring (bicyclic) bond motifs is 1. The molecule has 197 valence electrons. The average molecular weight is 675 g/mol. The Morgan fingerprint density at radius 2 is 1.59 bits per heavy atom. The van der Waals surface area contributed by atoms with Gasteiger partial charge >= 0.3 is 0 Å². The van der Waals surface area contributed by atoms with E-state index in [1.807, 2.05) is 12.3 Å². The molecule has 4 aromatic rings. The van der Waals surface area contributed by atoms with Crippen molar-refractivity contribution in [2.75, 3.05) is 0 Å². The number of aliphatic hydroxyl groups excluding tert-OH is 1. The van der Waals surface area contributed by atoms with Gasteiger partial charge in [0.25, 0.3) is 0 Å². The maximum atomic E-state index is 10.0. The molecular weight excluding hydrogens is 639 g/mol. The summed E-state index contributed by atoms with van der Waals surface area (Å²) < 4.78 is 6.31. The molecule has 37 heavy (non-hydrogen) atoms. The predicted octanol–water partition coefficient (Wildman–Crippen LogP) is 8.53. The van der Waals surface area contributed by atoms with E-state index in [1.54, 1.807) is 0 Å². The first-order valence-electron chi connectivity index (χ1n) is 12.1. The van der Waals surface area contributed by atoms with Gasteiger partial charge in [0.15, 0.2) is 5.78 Å². The van der Waals surface area contributed by atoms with E-state index in [9.17, 15) is 4.79 Å². The molecule has 0 aliphatic rings. The third kappa shape index (κ3) is 7.74. The Bertz CT molecular complexity index is 1410. The van der Waals surface area contributed by atoms with E-state index in [4.69, 9.17) is 9.52 Å². The minimum atomic E-state index is -0.125. The third-order valence-corrected chi connectivity index (χ3v) is 5.88. The standard InChI is InChI=1S/C27H28NO.C5H8O2.Ir/c1-16-8-17(2)10-20(9-16)23-14-24-21(15-28-23)13-25(29-24)26-18(3)11-22(12-19(26)4)27(5,6)7;1-4(6)3-5(2)7;/h8-9,11-15H,1-7H3;3,6H,1-2H3;/q-1;;/b;4-3-;. The third-order valence-electron chi connectivity index (χ3n) is 5.88. The van der Waals surface area contributed by atoms with Crippen molar-refractivity contribution in [1.29, 1.82) is 0 Å². The van der Waals surface area contributed by atoms with Crippen molar-refractivity contribution < 1.29 is 34.4 Å². The van der Waals surface area contributed by atoms with Gasteiger partial charge in [-0.05, 0) is 67.6 Å². The van der Waals surface area contributed by atoms with E-state index >= 15 is 0 Å². The van der Waals surface area contributed by atoms with Gasteiger partial charge in [0.05, 0.1) is 5.76 Å². The smallest absolute Gasteiger partial charge is 0.155 e. The van der Waals surface area contributed by atoms with Crippen molar-refractivity contribution in [2.24, 2.45) is 0 Å². The molecule has 0 unspecified atom stereocenters. The number of aryl methyl sites for hydroxylation is 4. The fourth-order valence-electron chi connectivity index (χ4n) is 4.32. The van der Waals surface area contributed by atoms with Crippen LogP contribution in [0.5, 0.6) is 0 Å². The average Bonchev–Trinajstić information content (AvgIpc) is 3.14. The Labute approximate surface area is 234 Å². The maximum Gasteiger partial charge on any atom is 0.155 e. The normalized spacial score (nSPS) is 11.5. The summed E-state index contributed by atoms with van der Waals surface area (Å²) in [5, 5.41) is 9.38. The van der Waals surface area contributed by atoms with Gasteiger partial charge in [-0.1, -0.05) is 46.8 Å². The number of aliphatic hydroxyl groups is 1. The number of nitrogens with zero attached hydrogens (tertiary/aromatic N) is 1. The van der Waals surface area contributed by atoms with E-state index in [2.05, 4.69) is 89.8 Å². The molecule has 1 radical (unpaired) electrons. The topological polar surface area (TPSA) is 63.3 Å². The van der Waals surface area contributed by atoms with E-state index in [-0.39, 0.29) is 37.1 Å². The first-order valence-corrected chi connectivity index (χ1v) is 12.1. The van der Waals surface area contributed by atoms with Crippen molar-refractivity contribution in [2.45, 2.75) is 67.7 Å². The molecule has 0 aliphatic carbocycles.